The van der Waals surface area contributed by atoms with Gasteiger partial charge in [0.05, 0.1) is 28.3 Å². The summed E-state index contributed by atoms with van der Waals surface area (Å²) in [6.07, 6.45) is 2.59. The maximum atomic E-state index is 12.3. The van der Waals surface area contributed by atoms with Gasteiger partial charge in [-0.1, -0.05) is 30.1 Å². The number of ether oxygens (including phenoxy) is 2. The first-order valence-corrected chi connectivity index (χ1v) is 10.5. The molecule has 0 radical (unpaired) electrons. The van der Waals surface area contributed by atoms with Gasteiger partial charge in [-0.05, 0) is 48.9 Å². The van der Waals surface area contributed by atoms with Crippen molar-refractivity contribution in [3.63, 3.8) is 0 Å². The minimum Gasteiger partial charge on any atom is -0.465 e. The zero-order chi connectivity index (χ0) is 21.1. The summed E-state index contributed by atoms with van der Waals surface area (Å²) in [7, 11) is 1.31. The standard InChI is InChI=1S/C20H19Cl2NO5S/c1-10-3-5-12-15(7-10)29-18(17(12)20(26)27-2)23-16(24)9-28-19(25)11-4-6-13(21)14(22)8-11/h4,6,8,10H,3,5,7,9H2,1-2H3,(H,23,24)/t10-/m1/s1. The highest BCUT2D eigenvalue weighted by molar-refractivity contribution is 7.17. The molecule has 1 aromatic carbocycles. The van der Waals surface area contributed by atoms with E-state index >= 15 is 0 Å². The van der Waals surface area contributed by atoms with Crippen LogP contribution in [0.2, 0.25) is 10.0 Å². The molecule has 0 saturated heterocycles. The van der Waals surface area contributed by atoms with Crippen molar-refractivity contribution >= 4 is 57.4 Å². The van der Waals surface area contributed by atoms with Crippen LogP contribution in [0.5, 0.6) is 0 Å². The minimum atomic E-state index is -0.703. The number of nitrogens with one attached hydrogen (secondary N) is 1. The molecule has 0 unspecified atom stereocenters. The molecule has 29 heavy (non-hydrogen) atoms. The van der Waals surface area contributed by atoms with Crippen molar-refractivity contribution in [2.75, 3.05) is 19.0 Å². The molecule has 1 aromatic heterocycles. The van der Waals surface area contributed by atoms with Gasteiger partial charge in [0.25, 0.3) is 5.91 Å². The average Bonchev–Trinajstić information content (AvgIpc) is 3.04. The van der Waals surface area contributed by atoms with Crippen LogP contribution in [0.3, 0.4) is 0 Å². The maximum absolute atomic E-state index is 12.3. The number of fused-ring (bicyclic) bond motifs is 1. The molecule has 154 valence electrons. The summed E-state index contributed by atoms with van der Waals surface area (Å²) in [4.78, 5) is 37.8. The van der Waals surface area contributed by atoms with E-state index in [2.05, 4.69) is 12.2 Å². The van der Waals surface area contributed by atoms with Crippen LogP contribution in [0.15, 0.2) is 18.2 Å². The molecule has 6 nitrogen and oxygen atoms in total. The van der Waals surface area contributed by atoms with Crippen molar-refractivity contribution in [1.29, 1.82) is 0 Å². The fourth-order valence-corrected chi connectivity index (χ4v) is 4.87. The topological polar surface area (TPSA) is 81.7 Å². The van der Waals surface area contributed by atoms with E-state index in [0.29, 0.717) is 21.5 Å². The molecule has 1 N–H and O–H groups in total. The summed E-state index contributed by atoms with van der Waals surface area (Å²) in [5, 5.41) is 3.63. The fourth-order valence-electron chi connectivity index (χ4n) is 3.16. The van der Waals surface area contributed by atoms with Crippen LogP contribution in [0, 0.1) is 5.92 Å². The molecular formula is C20H19Cl2NO5S. The first-order chi connectivity index (χ1) is 13.8. The number of rotatable bonds is 5. The Morgan fingerprint density at radius 3 is 2.66 bits per heavy atom. The van der Waals surface area contributed by atoms with Gasteiger partial charge >= 0.3 is 11.9 Å². The van der Waals surface area contributed by atoms with Crippen LogP contribution < -0.4 is 5.32 Å². The van der Waals surface area contributed by atoms with E-state index in [-0.39, 0.29) is 10.6 Å². The minimum absolute atomic E-state index is 0.183. The number of hydrogen-bond acceptors (Lipinski definition) is 6. The highest BCUT2D eigenvalue weighted by Gasteiger charge is 2.29. The van der Waals surface area contributed by atoms with Crippen molar-refractivity contribution < 1.29 is 23.9 Å². The van der Waals surface area contributed by atoms with Crippen LogP contribution in [0.4, 0.5) is 5.00 Å². The summed E-state index contributed by atoms with van der Waals surface area (Å²) >= 11 is 13.1. The van der Waals surface area contributed by atoms with E-state index in [9.17, 15) is 14.4 Å². The number of halogens is 2. The number of amides is 1. The molecule has 1 amide bonds. The molecule has 2 aromatic rings. The third-order valence-electron chi connectivity index (χ3n) is 4.64. The van der Waals surface area contributed by atoms with Gasteiger partial charge < -0.3 is 14.8 Å². The number of anilines is 1. The molecular weight excluding hydrogens is 437 g/mol. The smallest absolute Gasteiger partial charge is 0.341 e. The van der Waals surface area contributed by atoms with Gasteiger partial charge in [-0.25, -0.2) is 9.59 Å². The van der Waals surface area contributed by atoms with E-state index in [1.54, 1.807) is 0 Å². The fraction of sp³-hybridized carbons (Fsp3) is 0.350. The first-order valence-electron chi connectivity index (χ1n) is 8.95. The van der Waals surface area contributed by atoms with Crippen LogP contribution in [0.1, 0.15) is 44.5 Å². The van der Waals surface area contributed by atoms with E-state index < -0.39 is 24.5 Å². The van der Waals surface area contributed by atoms with Crippen molar-refractivity contribution in [3.8, 4) is 0 Å². The Kier molecular flexibility index (Phi) is 6.82. The van der Waals surface area contributed by atoms with Gasteiger partial charge in [-0.3, -0.25) is 4.79 Å². The summed E-state index contributed by atoms with van der Waals surface area (Å²) in [5.41, 5.74) is 1.51. The lowest BCUT2D eigenvalue weighted by Gasteiger charge is -2.18. The highest BCUT2D eigenvalue weighted by Crippen LogP contribution is 2.40. The van der Waals surface area contributed by atoms with Crippen molar-refractivity contribution in [1.82, 2.24) is 0 Å². The second-order valence-corrected chi connectivity index (χ2v) is 8.72. The third-order valence-corrected chi connectivity index (χ3v) is 6.55. The number of carbonyl (C=O) groups is 3. The summed E-state index contributed by atoms with van der Waals surface area (Å²) in [5.74, 6) is -1.22. The van der Waals surface area contributed by atoms with Gasteiger partial charge in [0, 0.05) is 4.88 Å². The lowest BCUT2D eigenvalue weighted by Crippen LogP contribution is -2.22. The van der Waals surface area contributed by atoms with Crippen molar-refractivity contribution in [2.24, 2.45) is 5.92 Å². The molecule has 0 bridgehead atoms. The Hall–Kier alpha value is -2.09. The number of benzene rings is 1. The molecule has 0 saturated carbocycles. The zero-order valence-corrected chi connectivity index (χ0v) is 18.2. The lowest BCUT2D eigenvalue weighted by atomic mass is 9.88. The largest absolute Gasteiger partial charge is 0.465 e. The van der Waals surface area contributed by atoms with Crippen molar-refractivity contribution in [2.45, 2.75) is 26.2 Å². The number of hydrogen-bond donors (Lipinski definition) is 1. The number of methoxy groups -OCH3 is 1. The summed E-state index contributed by atoms with van der Waals surface area (Å²) in [6.45, 7) is 1.65. The quantitative estimate of drug-likeness (QED) is 0.656. The van der Waals surface area contributed by atoms with Gasteiger partial charge in [0.1, 0.15) is 5.00 Å². The lowest BCUT2D eigenvalue weighted by molar-refractivity contribution is -0.119. The Morgan fingerprint density at radius 2 is 1.97 bits per heavy atom. The Labute approximate surface area is 182 Å². The van der Waals surface area contributed by atoms with Crippen LogP contribution in [-0.2, 0) is 27.1 Å². The number of thiophene rings is 1. The molecule has 9 heteroatoms. The van der Waals surface area contributed by atoms with Gasteiger partial charge in [-0.2, -0.15) is 0 Å². The average molecular weight is 456 g/mol. The third kappa shape index (κ3) is 4.91. The molecule has 0 aliphatic heterocycles. The second-order valence-electron chi connectivity index (χ2n) is 6.80. The van der Waals surface area contributed by atoms with Crippen LogP contribution >= 0.6 is 34.5 Å². The van der Waals surface area contributed by atoms with Gasteiger partial charge in [0.15, 0.2) is 6.61 Å². The highest BCUT2D eigenvalue weighted by atomic mass is 35.5. The normalized spacial score (nSPS) is 15.4. The molecule has 1 atom stereocenters. The van der Waals surface area contributed by atoms with E-state index in [4.69, 9.17) is 32.7 Å². The molecule has 1 aliphatic carbocycles. The SMILES string of the molecule is COC(=O)c1c(NC(=O)COC(=O)c2ccc(Cl)c(Cl)c2)sc2c1CC[C@@H](C)C2. The predicted molar refractivity (Wildman–Crippen MR) is 112 cm³/mol. The molecule has 3 rings (SSSR count). The van der Waals surface area contributed by atoms with E-state index in [1.807, 2.05) is 0 Å². The number of esters is 2. The van der Waals surface area contributed by atoms with E-state index in [1.165, 1.54) is 36.6 Å². The van der Waals surface area contributed by atoms with Crippen molar-refractivity contribution in [3.05, 3.63) is 49.8 Å². The summed E-state index contributed by atoms with van der Waals surface area (Å²) in [6, 6.07) is 4.30. The Balaban J connectivity index is 1.69. The Morgan fingerprint density at radius 1 is 1.21 bits per heavy atom. The first kappa shape index (κ1) is 21.6. The predicted octanol–water partition coefficient (Wildman–Crippen LogP) is 4.76. The molecule has 0 fully saturated rings. The summed E-state index contributed by atoms with van der Waals surface area (Å²) < 4.78 is 9.93. The zero-order valence-electron chi connectivity index (χ0n) is 15.8. The van der Waals surface area contributed by atoms with Gasteiger partial charge in [0.2, 0.25) is 0 Å². The van der Waals surface area contributed by atoms with E-state index in [0.717, 1.165) is 29.7 Å². The molecule has 1 aliphatic rings. The molecule has 0 spiro atoms. The monoisotopic (exact) mass is 455 g/mol. The molecule has 1 heterocycles. The Bertz CT molecular complexity index is 972. The van der Waals surface area contributed by atoms with Crippen LogP contribution in [0.25, 0.3) is 0 Å². The maximum Gasteiger partial charge on any atom is 0.341 e. The second kappa shape index (κ2) is 9.15. The van der Waals surface area contributed by atoms with Gasteiger partial charge in [-0.15, -0.1) is 11.3 Å². The van der Waals surface area contributed by atoms with Crippen LogP contribution in [-0.4, -0.2) is 31.6 Å². The number of carbonyl (C=O) groups excluding carboxylic acids is 3.